The predicted molar refractivity (Wildman–Crippen MR) is 283 cm³/mol. The molecule has 16 heteroatoms. The Morgan fingerprint density at radius 1 is 0.615 bits per heavy atom. The van der Waals surface area contributed by atoms with Crippen LogP contribution in [-0.4, -0.2) is 23.6 Å². The van der Waals surface area contributed by atoms with E-state index in [1.165, 1.54) is 12.1 Å². The third-order valence-electron chi connectivity index (χ3n) is 16.1. The summed E-state index contributed by atoms with van der Waals surface area (Å²) in [6.07, 6.45) is -12.9. The molecule has 8 aromatic carbocycles. The summed E-state index contributed by atoms with van der Waals surface area (Å²) in [5, 5.41) is -1.83. The van der Waals surface area contributed by atoms with Gasteiger partial charge in [-0.05, 0) is 190 Å². The Hall–Kier alpha value is -7.75. The molecule has 0 saturated heterocycles. The van der Waals surface area contributed by atoms with Crippen molar-refractivity contribution in [3.05, 3.63) is 198 Å². The second-order valence-electron chi connectivity index (χ2n) is 20.6. The van der Waals surface area contributed by atoms with E-state index >= 15 is 8.63 Å². The van der Waals surface area contributed by atoms with Crippen LogP contribution >= 0.6 is 0 Å². The number of benzene rings is 8. The van der Waals surface area contributed by atoms with E-state index in [4.69, 9.17) is 9.73 Å². The normalized spacial score (nSPS) is 15.3. The molecule has 0 N–H and O–H groups in total. The van der Waals surface area contributed by atoms with Gasteiger partial charge in [-0.25, -0.2) is 4.99 Å². The number of nitrogens with zero attached hydrogens (tertiary/aromatic N) is 2. The number of carbonyl (C=O) groups is 1. The lowest BCUT2D eigenvalue weighted by Crippen LogP contribution is -2.20. The molecule has 0 spiro atoms. The van der Waals surface area contributed by atoms with Gasteiger partial charge in [0.1, 0.15) is 5.75 Å². The van der Waals surface area contributed by atoms with Crippen molar-refractivity contribution >= 4 is 67.7 Å². The summed E-state index contributed by atoms with van der Waals surface area (Å²) in [6.45, 7) is 7.49. The zero-order valence-corrected chi connectivity index (χ0v) is 42.3. The fourth-order valence-electron chi connectivity index (χ4n) is 12.9. The molecular weight excluding hydrogens is 1020 g/mol. The Morgan fingerprint density at radius 2 is 1.13 bits per heavy atom. The molecule has 78 heavy (non-hydrogen) atoms. The van der Waals surface area contributed by atoms with Gasteiger partial charge in [0.05, 0.1) is 28.1 Å². The maximum absolute atomic E-state index is 16.0. The number of carbonyl (C=O) groups excluding carboxylic acids is 1. The van der Waals surface area contributed by atoms with E-state index in [2.05, 4.69) is 6.07 Å². The van der Waals surface area contributed by atoms with E-state index in [1.807, 2.05) is 70.2 Å². The number of hydrogen-bond acceptors (Lipinski definition) is 3. The van der Waals surface area contributed by atoms with E-state index in [0.717, 1.165) is 79.8 Å². The highest BCUT2D eigenvalue weighted by atomic mass is 19.4. The number of esters is 1. The number of aliphatic imine (C=N–C) groups is 1. The van der Waals surface area contributed by atoms with E-state index in [1.54, 1.807) is 12.1 Å². The van der Waals surface area contributed by atoms with Crippen LogP contribution in [0, 0.1) is 20.8 Å². The summed E-state index contributed by atoms with van der Waals surface area (Å²) < 4.78 is 170. The molecular formula is C62H44BF11N2O2. The first-order valence-electron chi connectivity index (χ1n) is 25.5. The molecule has 12 rings (SSSR count). The maximum atomic E-state index is 16.0. The number of ether oxygens (including phenoxy) is 1. The summed E-state index contributed by atoms with van der Waals surface area (Å²) >= 11 is 0. The van der Waals surface area contributed by atoms with Crippen LogP contribution in [0.5, 0.6) is 5.75 Å². The molecule has 1 aromatic heterocycles. The Kier molecular flexibility index (Phi) is 11.9. The molecule has 0 radical (unpaired) electrons. The molecule has 3 aliphatic rings. The van der Waals surface area contributed by atoms with Crippen LogP contribution in [0.1, 0.15) is 98.6 Å². The molecule has 1 aliphatic heterocycles. The number of fused-ring (bicyclic) bond motifs is 8. The monoisotopic (exact) mass is 1070 g/mol. The first kappa shape index (κ1) is 51.0. The van der Waals surface area contributed by atoms with Crippen molar-refractivity contribution < 1.29 is 57.7 Å². The van der Waals surface area contributed by atoms with Crippen LogP contribution in [0.4, 0.5) is 48.1 Å². The Balaban J connectivity index is 0.908. The third kappa shape index (κ3) is 8.02. The molecule has 0 unspecified atom stereocenters. The van der Waals surface area contributed by atoms with E-state index in [-0.39, 0.29) is 68.3 Å². The van der Waals surface area contributed by atoms with E-state index < -0.39 is 54.0 Å². The minimum atomic E-state index is -5.19. The Morgan fingerprint density at radius 3 is 1.71 bits per heavy atom. The highest BCUT2D eigenvalue weighted by Gasteiger charge is 2.42. The van der Waals surface area contributed by atoms with Crippen LogP contribution in [0.3, 0.4) is 0 Å². The van der Waals surface area contributed by atoms with Gasteiger partial charge in [0, 0.05) is 39.9 Å². The van der Waals surface area contributed by atoms with Crippen LogP contribution in [0.25, 0.3) is 59.9 Å². The quantitative estimate of drug-likeness (QED) is 0.0380. The standard InChI is InChI=1S/C62H44BF11N2O2/c1-30-28-37(29-31(2)50(30)55(56-32(3)38-19-16-34-10-5-7-13-40(34)57(38)75-56)58-33(4)39-20-17-35-11-6-8-14-41(35)59(39)76(58)63(73)74)78-49(77)15-9-12-36-18-21-42-44-23-26-47(61(67,68)69)54-48(62(70,71)72)27-24-45(53(44)54)43-22-25-46(60(64,65)66)51(36)52(42)43/h5-8,10-11,13-14,18,21-29H,9,12,15-17,19-20H2,1-4H3/b56-55-. The summed E-state index contributed by atoms with van der Waals surface area (Å²) in [5.74, 6) is -0.552. The van der Waals surface area contributed by atoms with Gasteiger partial charge in [-0.15, -0.1) is 0 Å². The second-order valence-corrected chi connectivity index (χ2v) is 20.6. The summed E-state index contributed by atoms with van der Waals surface area (Å²) in [5.41, 5.74) is 7.94. The van der Waals surface area contributed by atoms with E-state index in [9.17, 15) is 44.3 Å². The highest BCUT2D eigenvalue weighted by Crippen LogP contribution is 2.52. The van der Waals surface area contributed by atoms with Crippen molar-refractivity contribution in [1.82, 2.24) is 4.48 Å². The third-order valence-corrected chi connectivity index (χ3v) is 16.1. The molecule has 2 aliphatic carbocycles. The average Bonchev–Trinajstić information content (AvgIpc) is 2.88. The van der Waals surface area contributed by atoms with Crippen molar-refractivity contribution in [2.24, 2.45) is 4.99 Å². The molecule has 9 aromatic rings. The fourth-order valence-corrected chi connectivity index (χ4v) is 12.9. The number of hydrogen-bond donors (Lipinski definition) is 0. The fraction of sp³-hybridized carbons (Fsp3) is 0.226. The lowest BCUT2D eigenvalue weighted by molar-refractivity contribution is -0.140. The van der Waals surface area contributed by atoms with Gasteiger partial charge >= 0.3 is 31.9 Å². The van der Waals surface area contributed by atoms with Crippen molar-refractivity contribution in [1.29, 1.82) is 0 Å². The van der Waals surface area contributed by atoms with Crippen molar-refractivity contribution in [2.45, 2.75) is 91.2 Å². The summed E-state index contributed by atoms with van der Waals surface area (Å²) in [4.78, 5) is 19.1. The topological polar surface area (TPSA) is 43.6 Å². The first-order valence-corrected chi connectivity index (χ1v) is 25.5. The highest BCUT2D eigenvalue weighted by molar-refractivity contribution is 6.42. The molecule has 0 saturated carbocycles. The zero-order valence-electron chi connectivity index (χ0n) is 42.3. The molecule has 0 bridgehead atoms. The van der Waals surface area contributed by atoms with Gasteiger partial charge in [0.2, 0.25) is 0 Å². The van der Waals surface area contributed by atoms with Crippen molar-refractivity contribution in [3.8, 4) is 17.0 Å². The van der Waals surface area contributed by atoms with E-state index in [0.29, 0.717) is 76.3 Å². The van der Waals surface area contributed by atoms with Gasteiger partial charge in [0.15, 0.2) is 0 Å². The summed E-state index contributed by atoms with van der Waals surface area (Å²) in [7, 11) is -2.93. The molecule has 0 amide bonds. The number of aryl methyl sites for hydroxylation is 5. The Labute approximate surface area is 440 Å². The predicted octanol–water partition coefficient (Wildman–Crippen LogP) is 17.5. The number of halogens is 11. The minimum absolute atomic E-state index is 0.00768. The van der Waals surface area contributed by atoms with Gasteiger partial charge in [-0.3, -0.25) is 13.4 Å². The lowest BCUT2D eigenvalue weighted by atomic mass is 9.83. The van der Waals surface area contributed by atoms with Gasteiger partial charge < -0.3 is 9.21 Å². The number of alkyl halides is 9. The average molecular weight is 1070 g/mol. The van der Waals surface area contributed by atoms with Gasteiger partial charge in [0.25, 0.3) is 0 Å². The number of allylic oxidation sites excluding steroid dienone is 2. The van der Waals surface area contributed by atoms with Crippen LogP contribution in [-0.2, 0) is 49.0 Å². The summed E-state index contributed by atoms with van der Waals surface area (Å²) in [6, 6.07) is 26.6. The second kappa shape index (κ2) is 18.2. The molecule has 394 valence electrons. The number of aromatic nitrogens is 1. The first-order chi connectivity index (χ1) is 37.0. The van der Waals surface area contributed by atoms with Crippen molar-refractivity contribution in [2.75, 3.05) is 0 Å². The van der Waals surface area contributed by atoms with Crippen molar-refractivity contribution in [3.63, 3.8) is 0 Å². The van der Waals surface area contributed by atoms with Crippen LogP contribution < -0.4 is 4.74 Å². The maximum Gasteiger partial charge on any atom is 0.678 e. The van der Waals surface area contributed by atoms with Crippen LogP contribution in [0.15, 0.2) is 131 Å². The largest absolute Gasteiger partial charge is 0.678 e. The molecule has 4 nitrogen and oxygen atoms in total. The lowest BCUT2D eigenvalue weighted by Gasteiger charge is -2.23. The number of rotatable bonds is 8. The SMILES string of the molecule is CC1=C2CCc3ccccc3C2=N/C1=C(/c1c(C)cc(OC(=O)CCCc2ccc3c4ccc(C(F)(F)F)c5c(C(F)(F)F)ccc(c6ccc(C(F)(F)F)c2c36)c54)cc1C)c1c(C)c2c(n1B(F)F)-c1ccccc1CC2. The minimum Gasteiger partial charge on any atom is -0.427 e. The molecule has 0 atom stereocenters. The van der Waals surface area contributed by atoms with Gasteiger partial charge in [-0.2, -0.15) is 39.5 Å². The molecule has 2 heterocycles. The smallest absolute Gasteiger partial charge is 0.427 e. The Bertz CT molecular complexity index is 4060. The van der Waals surface area contributed by atoms with Crippen LogP contribution in [0.2, 0.25) is 0 Å². The van der Waals surface area contributed by atoms with Gasteiger partial charge in [-0.1, -0.05) is 78.9 Å². The zero-order chi connectivity index (χ0) is 55.1. The molecule has 0 fully saturated rings.